The van der Waals surface area contributed by atoms with Crippen LogP contribution in [0.25, 0.3) is 0 Å². The first-order chi connectivity index (χ1) is 15.2. The van der Waals surface area contributed by atoms with Crippen LogP contribution in [0.1, 0.15) is 25.0 Å². The number of fused-ring (bicyclic) bond motifs is 1. The van der Waals surface area contributed by atoms with E-state index >= 15 is 0 Å². The number of hydrogen-bond donors (Lipinski definition) is 0. The first-order valence-corrected chi connectivity index (χ1v) is 12.6. The van der Waals surface area contributed by atoms with Gasteiger partial charge in [0.1, 0.15) is 0 Å². The van der Waals surface area contributed by atoms with Crippen LogP contribution in [0.4, 0.5) is 5.69 Å². The molecule has 2 aromatic rings. The van der Waals surface area contributed by atoms with Crippen LogP contribution < -0.4 is 4.90 Å². The van der Waals surface area contributed by atoms with Crippen molar-refractivity contribution in [1.29, 1.82) is 0 Å². The van der Waals surface area contributed by atoms with E-state index in [1.807, 2.05) is 54.4 Å². The first kappa shape index (κ1) is 22.7. The number of allylic oxidation sites excluding steroid dienone is 1. The van der Waals surface area contributed by atoms with E-state index in [2.05, 4.69) is 30.9 Å². The van der Waals surface area contributed by atoms with Gasteiger partial charge in [-0.15, -0.1) is 0 Å². The number of carbonyl (C=O) groups excluding carboxylic acids is 1. The van der Waals surface area contributed by atoms with Gasteiger partial charge < -0.3 is 4.90 Å². The van der Waals surface area contributed by atoms with E-state index in [4.69, 9.17) is 0 Å². The molecular weight excluding hydrogens is 422 g/mol. The Labute approximate surface area is 191 Å². The number of piperazine rings is 1. The molecule has 0 radical (unpaired) electrons. The summed E-state index contributed by atoms with van der Waals surface area (Å²) < 4.78 is 27.1. The van der Waals surface area contributed by atoms with Crippen LogP contribution in [0.3, 0.4) is 0 Å². The van der Waals surface area contributed by atoms with Gasteiger partial charge in [-0.05, 0) is 17.2 Å². The maximum absolute atomic E-state index is 12.9. The van der Waals surface area contributed by atoms with Gasteiger partial charge in [-0.1, -0.05) is 62.4 Å². The third kappa shape index (κ3) is 4.51. The molecule has 170 valence electrons. The number of ketones is 1. The second kappa shape index (κ2) is 8.81. The summed E-state index contributed by atoms with van der Waals surface area (Å²) in [5.41, 5.74) is 3.91. The molecule has 0 amide bonds. The van der Waals surface area contributed by atoms with Crippen LogP contribution in [0, 0.1) is 0 Å². The Morgan fingerprint density at radius 3 is 2.25 bits per heavy atom. The van der Waals surface area contributed by atoms with Crippen LogP contribution in [0.15, 0.2) is 66.4 Å². The van der Waals surface area contributed by atoms with Crippen LogP contribution in [0.2, 0.25) is 0 Å². The molecule has 7 heteroatoms. The van der Waals surface area contributed by atoms with Crippen LogP contribution in [-0.2, 0) is 26.0 Å². The molecule has 0 unspecified atom stereocenters. The fraction of sp³-hybridized carbons (Fsp3) is 0.400. The zero-order valence-corrected chi connectivity index (χ0v) is 19.8. The molecule has 32 heavy (non-hydrogen) atoms. The van der Waals surface area contributed by atoms with Gasteiger partial charge in [0.05, 0.1) is 12.3 Å². The molecule has 2 aromatic carbocycles. The van der Waals surface area contributed by atoms with Crippen molar-refractivity contribution in [2.45, 2.75) is 25.0 Å². The molecule has 2 aliphatic heterocycles. The fourth-order valence-electron chi connectivity index (χ4n) is 4.72. The van der Waals surface area contributed by atoms with Crippen molar-refractivity contribution in [3.63, 3.8) is 0 Å². The lowest BCUT2D eigenvalue weighted by Gasteiger charge is -2.33. The lowest BCUT2D eigenvalue weighted by atomic mass is 9.83. The average molecular weight is 454 g/mol. The molecule has 4 rings (SSSR count). The minimum atomic E-state index is -3.36. The number of para-hydroxylation sites is 1. The van der Waals surface area contributed by atoms with Crippen LogP contribution in [0.5, 0.6) is 0 Å². The molecule has 2 heterocycles. The number of sulfonamides is 1. The smallest absolute Gasteiger partial charge is 0.218 e. The van der Waals surface area contributed by atoms with Gasteiger partial charge in [0.25, 0.3) is 0 Å². The molecule has 0 aromatic heterocycles. The number of nitrogens with zero attached hydrogens (tertiary/aromatic N) is 3. The molecular formula is C25H31N3O3S. The van der Waals surface area contributed by atoms with E-state index in [0.29, 0.717) is 32.7 Å². The SMILES string of the molecule is CN1C(=CC(=O)CN2CCN(S(=O)(=O)Cc3ccccc3)CC2)C(C)(C)c2ccccc21. The lowest BCUT2D eigenvalue weighted by molar-refractivity contribution is -0.116. The third-order valence-electron chi connectivity index (χ3n) is 6.53. The summed E-state index contributed by atoms with van der Waals surface area (Å²) in [6.45, 7) is 6.53. The highest BCUT2D eigenvalue weighted by Crippen LogP contribution is 2.46. The maximum atomic E-state index is 12.9. The normalized spacial score (nSPS) is 20.5. The van der Waals surface area contributed by atoms with Crippen molar-refractivity contribution in [3.05, 3.63) is 77.5 Å². The summed E-state index contributed by atoms with van der Waals surface area (Å²) >= 11 is 0. The number of hydrogen-bond acceptors (Lipinski definition) is 5. The number of benzene rings is 2. The highest BCUT2D eigenvalue weighted by molar-refractivity contribution is 7.88. The predicted octanol–water partition coefficient (Wildman–Crippen LogP) is 3.01. The fourth-order valence-corrected chi connectivity index (χ4v) is 6.24. The van der Waals surface area contributed by atoms with E-state index in [0.717, 1.165) is 16.9 Å². The molecule has 0 spiro atoms. The summed E-state index contributed by atoms with van der Waals surface area (Å²) in [7, 11) is -1.35. The van der Waals surface area contributed by atoms with Crippen molar-refractivity contribution >= 4 is 21.5 Å². The Hall–Kier alpha value is -2.48. The average Bonchev–Trinajstić information content (AvgIpc) is 2.95. The molecule has 1 fully saturated rings. The minimum Gasteiger partial charge on any atom is -0.347 e. The molecule has 0 atom stereocenters. The number of anilines is 1. The van der Waals surface area contributed by atoms with Gasteiger partial charge in [-0.2, -0.15) is 4.31 Å². The van der Waals surface area contributed by atoms with E-state index < -0.39 is 10.0 Å². The summed E-state index contributed by atoms with van der Waals surface area (Å²) in [5.74, 6) is 0.0641. The largest absolute Gasteiger partial charge is 0.347 e. The van der Waals surface area contributed by atoms with Gasteiger partial charge in [-0.3, -0.25) is 9.69 Å². The number of likely N-dealkylation sites (N-methyl/N-ethyl adjacent to an activating group) is 1. The number of carbonyl (C=O) groups is 1. The van der Waals surface area contributed by atoms with Crippen molar-refractivity contribution < 1.29 is 13.2 Å². The molecule has 0 aliphatic carbocycles. The summed E-state index contributed by atoms with van der Waals surface area (Å²) in [5, 5.41) is 0. The van der Waals surface area contributed by atoms with Crippen LogP contribution in [-0.4, -0.2) is 63.2 Å². The summed E-state index contributed by atoms with van der Waals surface area (Å²) in [6.07, 6.45) is 1.76. The second-order valence-corrected chi connectivity index (χ2v) is 11.1. The molecule has 0 saturated carbocycles. The van der Waals surface area contributed by atoms with Crippen molar-refractivity contribution in [2.24, 2.45) is 0 Å². The van der Waals surface area contributed by atoms with Gasteiger partial charge >= 0.3 is 0 Å². The predicted molar refractivity (Wildman–Crippen MR) is 128 cm³/mol. The third-order valence-corrected chi connectivity index (χ3v) is 8.38. The molecule has 6 nitrogen and oxygen atoms in total. The van der Waals surface area contributed by atoms with E-state index in [1.165, 1.54) is 5.56 Å². The molecule has 0 bridgehead atoms. The lowest BCUT2D eigenvalue weighted by Crippen LogP contribution is -2.50. The van der Waals surface area contributed by atoms with E-state index in [-0.39, 0.29) is 17.0 Å². The zero-order chi connectivity index (χ0) is 22.9. The Kier molecular flexibility index (Phi) is 6.25. The second-order valence-electron chi connectivity index (χ2n) is 9.11. The Morgan fingerprint density at radius 1 is 0.969 bits per heavy atom. The topological polar surface area (TPSA) is 60.9 Å². The Bertz CT molecular complexity index is 1120. The van der Waals surface area contributed by atoms with Gasteiger partial charge in [-0.25, -0.2) is 8.42 Å². The van der Waals surface area contributed by atoms with Gasteiger partial charge in [0, 0.05) is 56.1 Å². The molecule has 1 saturated heterocycles. The quantitative estimate of drug-likeness (QED) is 0.630. The van der Waals surface area contributed by atoms with Crippen LogP contribution >= 0.6 is 0 Å². The van der Waals surface area contributed by atoms with Crippen molar-refractivity contribution in [3.8, 4) is 0 Å². The zero-order valence-electron chi connectivity index (χ0n) is 19.0. The highest BCUT2D eigenvalue weighted by Gasteiger charge is 2.38. The van der Waals surface area contributed by atoms with E-state index in [9.17, 15) is 13.2 Å². The minimum absolute atomic E-state index is 0.0147. The number of rotatable bonds is 6. The van der Waals surface area contributed by atoms with Gasteiger partial charge in [0.15, 0.2) is 5.78 Å². The highest BCUT2D eigenvalue weighted by atomic mass is 32.2. The Morgan fingerprint density at radius 2 is 1.59 bits per heavy atom. The Balaban J connectivity index is 1.36. The molecule has 0 N–H and O–H groups in total. The summed E-state index contributed by atoms with van der Waals surface area (Å²) in [6, 6.07) is 17.5. The van der Waals surface area contributed by atoms with Gasteiger partial charge in [0.2, 0.25) is 10.0 Å². The first-order valence-electron chi connectivity index (χ1n) is 11.0. The van der Waals surface area contributed by atoms with E-state index in [1.54, 1.807) is 10.4 Å². The maximum Gasteiger partial charge on any atom is 0.218 e. The summed E-state index contributed by atoms with van der Waals surface area (Å²) in [4.78, 5) is 17.0. The monoisotopic (exact) mass is 453 g/mol. The van der Waals surface area contributed by atoms with Crippen molar-refractivity contribution in [1.82, 2.24) is 9.21 Å². The van der Waals surface area contributed by atoms with Crippen molar-refractivity contribution in [2.75, 3.05) is 44.7 Å². The standard InChI is InChI=1S/C25H31N3O3S/c1-25(2)22-11-7-8-12-23(22)26(3)24(25)17-21(29)18-27-13-15-28(16-14-27)32(30,31)19-20-9-5-4-6-10-20/h4-12,17H,13-16,18-19H2,1-3H3. The molecule has 2 aliphatic rings.